The minimum absolute atomic E-state index is 0. The Kier molecular flexibility index (Phi) is 5.70. The third-order valence-corrected chi connectivity index (χ3v) is 2.07. The summed E-state index contributed by atoms with van der Waals surface area (Å²) in [5.74, 6) is 0. The van der Waals surface area contributed by atoms with Crippen molar-refractivity contribution in [2.75, 3.05) is 0 Å². The Morgan fingerprint density at radius 2 is 1.67 bits per heavy atom. The molecule has 0 N–H and O–H groups in total. The van der Waals surface area contributed by atoms with Crippen molar-refractivity contribution in [1.29, 1.82) is 0 Å². The summed E-state index contributed by atoms with van der Waals surface area (Å²) < 4.78 is 1.28. The molecule has 0 saturated heterocycles. The van der Waals surface area contributed by atoms with Crippen molar-refractivity contribution in [1.82, 2.24) is 0 Å². The van der Waals surface area contributed by atoms with E-state index in [1.807, 2.05) is 0 Å². The Morgan fingerprint density at radius 1 is 1.11 bits per heavy atom. The van der Waals surface area contributed by atoms with Crippen LogP contribution in [0, 0.1) is 0 Å². The normalized spacial score (nSPS) is 8.22. The molecule has 0 aliphatic heterocycles. The van der Waals surface area contributed by atoms with E-state index in [0.29, 0.717) is 0 Å². The van der Waals surface area contributed by atoms with Gasteiger partial charge in [-0.05, 0) is 0 Å². The second-order valence-electron chi connectivity index (χ2n) is 1.84. The molecule has 0 amide bonds. The Morgan fingerprint density at radius 3 is 2.00 bits per heavy atom. The van der Waals surface area contributed by atoms with E-state index < -0.39 is 0 Å². The van der Waals surface area contributed by atoms with Gasteiger partial charge in [-0.3, -0.25) is 0 Å². The fourth-order valence-corrected chi connectivity index (χ4v) is 1.19. The fourth-order valence-electron chi connectivity index (χ4n) is 0.714. The first-order valence-corrected chi connectivity index (χ1v) is 4.39. The average molecular weight is 148 g/mol. The Balaban J connectivity index is 0.000000640. The zero-order chi connectivity index (χ0) is 5.82. The zero-order valence-corrected chi connectivity index (χ0v) is 8.59. The number of benzene rings is 1. The molecule has 44 valence electrons. The fraction of sp³-hybridized carbons (Fsp3) is 0.143. The maximum absolute atomic E-state index is 2.17. The Bertz CT molecular complexity index is 150. The molecule has 0 aliphatic rings. The molecule has 9 heavy (non-hydrogen) atoms. The van der Waals surface area contributed by atoms with Crippen LogP contribution < -0.4 is 0 Å². The summed E-state index contributed by atoms with van der Waals surface area (Å²) in [4.78, 5) is 0. The third kappa shape index (κ3) is 3.31. The molecule has 1 aromatic rings. The van der Waals surface area contributed by atoms with E-state index in [1.54, 1.807) is 0 Å². The monoisotopic (exact) mass is 148 g/mol. The molecule has 0 aromatic heterocycles. The molecular formula is C7H9NaS. The number of hydrogen-bond acceptors (Lipinski definition) is 0. The molecule has 0 atom stereocenters. The van der Waals surface area contributed by atoms with Gasteiger partial charge < -0.3 is 0 Å². The predicted molar refractivity (Wildman–Crippen MR) is 46.3 cm³/mol. The van der Waals surface area contributed by atoms with Gasteiger partial charge in [-0.2, -0.15) is 13.5 Å². The van der Waals surface area contributed by atoms with Crippen LogP contribution >= 0.6 is 13.5 Å². The summed E-state index contributed by atoms with van der Waals surface area (Å²) in [6.45, 7) is 0. The zero-order valence-electron chi connectivity index (χ0n) is 5.59. The molecule has 0 unspecified atom stereocenters. The molecule has 0 bridgehead atoms. The minimum atomic E-state index is 0. The quantitative estimate of drug-likeness (QED) is 0.529. The standard InChI is InChI=1S/C7H7.Na.H2S/c1-7-5-3-2-4-6-7;;/h2-6H,1H2;;1H2. The molecule has 0 heterocycles. The number of rotatable bonds is 1. The molecule has 0 aliphatic carbocycles. The third-order valence-electron chi connectivity index (χ3n) is 1.25. The van der Waals surface area contributed by atoms with E-state index in [1.165, 1.54) is 37.2 Å². The van der Waals surface area contributed by atoms with Crippen LogP contribution in [-0.4, -0.2) is 27.9 Å². The van der Waals surface area contributed by atoms with Gasteiger partial charge in [-0.25, -0.2) is 0 Å². The molecular weight excluding hydrogens is 139 g/mol. The van der Waals surface area contributed by atoms with Crippen molar-refractivity contribution >= 4 is 41.4 Å². The van der Waals surface area contributed by atoms with Crippen molar-refractivity contribution < 1.29 is 0 Å². The molecule has 1 aromatic carbocycles. The second kappa shape index (κ2) is 5.36. The van der Waals surface area contributed by atoms with Crippen LogP contribution in [0.1, 0.15) is 5.56 Å². The summed E-state index contributed by atoms with van der Waals surface area (Å²) >= 11 is 1.28. The van der Waals surface area contributed by atoms with Crippen LogP contribution in [0.3, 0.4) is 0 Å². The van der Waals surface area contributed by atoms with E-state index in [2.05, 4.69) is 30.3 Å². The first kappa shape index (κ1) is 9.57. The summed E-state index contributed by atoms with van der Waals surface area (Å²) in [5.41, 5.74) is 1.47. The Labute approximate surface area is 80.5 Å². The van der Waals surface area contributed by atoms with E-state index >= 15 is 0 Å². The van der Waals surface area contributed by atoms with E-state index in [0.717, 1.165) is 0 Å². The van der Waals surface area contributed by atoms with Crippen LogP contribution in [0.25, 0.3) is 0 Å². The molecule has 0 fully saturated rings. The van der Waals surface area contributed by atoms with Gasteiger partial charge >= 0.3 is 67.5 Å². The van der Waals surface area contributed by atoms with Crippen LogP contribution in [-0.2, 0) is 3.67 Å². The Hall–Kier alpha value is 0.570. The van der Waals surface area contributed by atoms with Crippen LogP contribution in [0.15, 0.2) is 30.3 Å². The molecule has 0 saturated carbocycles. The average Bonchev–Trinajstić information content (AvgIpc) is 1.90. The van der Waals surface area contributed by atoms with Crippen molar-refractivity contribution in [2.24, 2.45) is 0 Å². The van der Waals surface area contributed by atoms with Crippen LogP contribution in [0.2, 0.25) is 0 Å². The molecule has 1 rings (SSSR count). The van der Waals surface area contributed by atoms with Crippen LogP contribution in [0.4, 0.5) is 0 Å². The van der Waals surface area contributed by atoms with Gasteiger partial charge in [-0.1, -0.05) is 0 Å². The predicted octanol–water partition coefficient (Wildman–Crippen LogP) is 1.47. The first-order valence-electron chi connectivity index (χ1n) is 2.97. The van der Waals surface area contributed by atoms with Gasteiger partial charge in [0.05, 0.1) is 0 Å². The second-order valence-corrected chi connectivity index (χ2v) is 2.55. The summed E-state index contributed by atoms with van der Waals surface area (Å²) in [5, 5.41) is 0. The topological polar surface area (TPSA) is 0 Å². The van der Waals surface area contributed by atoms with Gasteiger partial charge in [0.25, 0.3) is 0 Å². The maximum atomic E-state index is 2.17. The first-order chi connectivity index (χ1) is 3.93. The van der Waals surface area contributed by atoms with E-state index in [9.17, 15) is 0 Å². The van der Waals surface area contributed by atoms with E-state index in [4.69, 9.17) is 0 Å². The van der Waals surface area contributed by atoms with Crippen LogP contribution in [0.5, 0.6) is 0 Å². The van der Waals surface area contributed by atoms with Gasteiger partial charge in [-0.15, -0.1) is 0 Å². The van der Waals surface area contributed by atoms with Gasteiger partial charge in [0.2, 0.25) is 0 Å². The van der Waals surface area contributed by atoms with Gasteiger partial charge in [0.15, 0.2) is 0 Å². The SMILES string of the molecule is S.[Na][CH2]c1ccccc1. The molecule has 0 radical (unpaired) electrons. The summed E-state index contributed by atoms with van der Waals surface area (Å²) in [7, 11) is 0. The van der Waals surface area contributed by atoms with Gasteiger partial charge in [0, 0.05) is 0 Å². The van der Waals surface area contributed by atoms with Crippen molar-refractivity contribution in [3.63, 3.8) is 0 Å². The molecule has 0 nitrogen and oxygen atoms in total. The summed E-state index contributed by atoms with van der Waals surface area (Å²) in [6, 6.07) is 10.6. The summed E-state index contributed by atoms with van der Waals surface area (Å²) in [6.07, 6.45) is 0. The van der Waals surface area contributed by atoms with Crippen molar-refractivity contribution in [3.05, 3.63) is 35.9 Å². The number of hydrogen-bond donors (Lipinski definition) is 0. The molecule has 2 heteroatoms. The van der Waals surface area contributed by atoms with E-state index in [-0.39, 0.29) is 13.5 Å². The van der Waals surface area contributed by atoms with Gasteiger partial charge in [0.1, 0.15) is 0 Å². The van der Waals surface area contributed by atoms with Crippen molar-refractivity contribution in [2.45, 2.75) is 3.67 Å². The molecule has 0 spiro atoms. The van der Waals surface area contributed by atoms with Crippen molar-refractivity contribution in [3.8, 4) is 0 Å².